The van der Waals surface area contributed by atoms with Gasteiger partial charge in [0.25, 0.3) is 0 Å². The standard InChI is InChI=1S/C13H21NO3/c1-3-4-7-17-13(15)10-14-11(2)9-12-6-5-8-16-12/h5-6,8,11,14H,3-4,7,9-10H2,1-2H3. The summed E-state index contributed by atoms with van der Waals surface area (Å²) < 4.78 is 10.3. The van der Waals surface area contributed by atoms with E-state index in [1.54, 1.807) is 6.26 Å². The van der Waals surface area contributed by atoms with E-state index in [0.29, 0.717) is 6.61 Å². The maximum absolute atomic E-state index is 11.3. The zero-order valence-electron chi connectivity index (χ0n) is 10.6. The van der Waals surface area contributed by atoms with Gasteiger partial charge in [0.05, 0.1) is 19.4 Å². The Bertz CT molecular complexity index is 308. The van der Waals surface area contributed by atoms with Crippen LogP contribution in [0.15, 0.2) is 22.8 Å². The summed E-state index contributed by atoms with van der Waals surface area (Å²) >= 11 is 0. The van der Waals surface area contributed by atoms with Crippen molar-refractivity contribution in [3.05, 3.63) is 24.2 Å². The van der Waals surface area contributed by atoms with Gasteiger partial charge in [0, 0.05) is 12.5 Å². The smallest absolute Gasteiger partial charge is 0.319 e. The van der Waals surface area contributed by atoms with Crippen LogP contribution < -0.4 is 5.32 Å². The van der Waals surface area contributed by atoms with Gasteiger partial charge in [-0.15, -0.1) is 0 Å². The molecular weight excluding hydrogens is 218 g/mol. The van der Waals surface area contributed by atoms with Crippen molar-refractivity contribution in [3.8, 4) is 0 Å². The minimum atomic E-state index is -0.190. The Balaban J connectivity index is 2.10. The third kappa shape index (κ3) is 6.12. The van der Waals surface area contributed by atoms with Crippen molar-refractivity contribution in [2.24, 2.45) is 0 Å². The molecule has 0 aliphatic carbocycles. The van der Waals surface area contributed by atoms with Gasteiger partial charge in [0.2, 0.25) is 0 Å². The molecule has 0 saturated carbocycles. The van der Waals surface area contributed by atoms with Crippen molar-refractivity contribution < 1.29 is 13.9 Å². The van der Waals surface area contributed by atoms with E-state index in [2.05, 4.69) is 12.2 Å². The van der Waals surface area contributed by atoms with Gasteiger partial charge in [0.1, 0.15) is 5.76 Å². The van der Waals surface area contributed by atoms with Gasteiger partial charge in [-0.05, 0) is 25.5 Å². The second kappa shape index (κ2) is 7.90. The first-order valence-electron chi connectivity index (χ1n) is 6.13. The first kappa shape index (κ1) is 13.8. The van der Waals surface area contributed by atoms with E-state index < -0.39 is 0 Å². The van der Waals surface area contributed by atoms with Gasteiger partial charge < -0.3 is 14.5 Å². The maximum atomic E-state index is 11.3. The Morgan fingerprint density at radius 1 is 1.59 bits per heavy atom. The first-order valence-corrected chi connectivity index (χ1v) is 6.13. The lowest BCUT2D eigenvalue weighted by molar-refractivity contribution is -0.142. The molecule has 0 saturated heterocycles. The van der Waals surface area contributed by atoms with Gasteiger partial charge in [0.15, 0.2) is 0 Å². The van der Waals surface area contributed by atoms with E-state index in [-0.39, 0.29) is 18.6 Å². The Morgan fingerprint density at radius 2 is 2.41 bits per heavy atom. The molecule has 0 radical (unpaired) electrons. The number of ether oxygens (including phenoxy) is 1. The van der Waals surface area contributed by atoms with E-state index in [9.17, 15) is 4.79 Å². The SMILES string of the molecule is CCCCOC(=O)CNC(C)Cc1ccco1. The van der Waals surface area contributed by atoms with Crippen molar-refractivity contribution in [1.29, 1.82) is 0 Å². The summed E-state index contributed by atoms with van der Waals surface area (Å²) in [6.07, 6.45) is 4.39. The summed E-state index contributed by atoms with van der Waals surface area (Å²) in [7, 11) is 0. The molecule has 0 aliphatic heterocycles. The van der Waals surface area contributed by atoms with Crippen LogP contribution >= 0.6 is 0 Å². The van der Waals surface area contributed by atoms with Crippen LogP contribution in [0.4, 0.5) is 0 Å². The van der Waals surface area contributed by atoms with E-state index in [1.807, 2.05) is 19.1 Å². The molecule has 17 heavy (non-hydrogen) atoms. The molecule has 0 spiro atoms. The lowest BCUT2D eigenvalue weighted by atomic mass is 10.2. The number of unbranched alkanes of at least 4 members (excludes halogenated alkanes) is 1. The second-order valence-electron chi connectivity index (χ2n) is 4.14. The fraction of sp³-hybridized carbons (Fsp3) is 0.615. The quantitative estimate of drug-likeness (QED) is 0.558. The highest BCUT2D eigenvalue weighted by molar-refractivity contribution is 5.71. The molecule has 1 rings (SSSR count). The van der Waals surface area contributed by atoms with Crippen LogP contribution in [0.3, 0.4) is 0 Å². The zero-order valence-corrected chi connectivity index (χ0v) is 10.6. The highest BCUT2D eigenvalue weighted by Crippen LogP contribution is 2.03. The third-order valence-corrected chi connectivity index (χ3v) is 2.44. The van der Waals surface area contributed by atoms with E-state index >= 15 is 0 Å². The minimum absolute atomic E-state index is 0.190. The second-order valence-corrected chi connectivity index (χ2v) is 4.14. The fourth-order valence-electron chi connectivity index (χ4n) is 1.44. The van der Waals surface area contributed by atoms with Crippen LogP contribution in [0.2, 0.25) is 0 Å². The summed E-state index contributed by atoms with van der Waals surface area (Å²) in [5.41, 5.74) is 0. The molecule has 4 nitrogen and oxygen atoms in total. The maximum Gasteiger partial charge on any atom is 0.319 e. The number of carbonyl (C=O) groups excluding carboxylic acids is 1. The number of carbonyl (C=O) groups is 1. The largest absolute Gasteiger partial charge is 0.469 e. The van der Waals surface area contributed by atoms with Crippen LogP contribution in [0.25, 0.3) is 0 Å². The normalized spacial score (nSPS) is 12.4. The number of esters is 1. The number of nitrogens with one attached hydrogen (secondary N) is 1. The molecule has 1 N–H and O–H groups in total. The van der Waals surface area contributed by atoms with Crippen LogP contribution in [-0.4, -0.2) is 25.2 Å². The molecule has 1 heterocycles. The average molecular weight is 239 g/mol. The molecule has 0 fully saturated rings. The summed E-state index contributed by atoms with van der Waals surface area (Å²) in [6.45, 7) is 4.86. The third-order valence-electron chi connectivity index (χ3n) is 2.44. The number of furan rings is 1. The monoisotopic (exact) mass is 239 g/mol. The molecule has 1 unspecified atom stereocenters. The molecule has 1 atom stereocenters. The minimum Gasteiger partial charge on any atom is -0.469 e. The summed E-state index contributed by atoms with van der Waals surface area (Å²) in [5, 5.41) is 3.11. The van der Waals surface area contributed by atoms with Crippen molar-refractivity contribution in [3.63, 3.8) is 0 Å². The summed E-state index contributed by atoms with van der Waals surface area (Å²) in [6, 6.07) is 3.98. The van der Waals surface area contributed by atoms with Gasteiger partial charge in [-0.2, -0.15) is 0 Å². The predicted octanol–water partition coefficient (Wildman–Crippen LogP) is 2.14. The molecule has 1 aromatic rings. The average Bonchev–Trinajstić information content (AvgIpc) is 2.79. The van der Waals surface area contributed by atoms with Crippen LogP contribution in [0.5, 0.6) is 0 Å². The Morgan fingerprint density at radius 3 is 3.06 bits per heavy atom. The first-order chi connectivity index (χ1) is 8.22. The van der Waals surface area contributed by atoms with Gasteiger partial charge in [-0.1, -0.05) is 13.3 Å². The number of hydrogen-bond acceptors (Lipinski definition) is 4. The van der Waals surface area contributed by atoms with Crippen molar-refractivity contribution in [1.82, 2.24) is 5.32 Å². The Kier molecular flexibility index (Phi) is 6.40. The predicted molar refractivity (Wildman–Crippen MR) is 65.7 cm³/mol. The molecule has 0 aliphatic rings. The van der Waals surface area contributed by atoms with E-state index in [0.717, 1.165) is 25.0 Å². The van der Waals surface area contributed by atoms with Crippen LogP contribution in [0, 0.1) is 0 Å². The summed E-state index contributed by atoms with van der Waals surface area (Å²) in [4.78, 5) is 11.3. The lowest BCUT2D eigenvalue weighted by Gasteiger charge is -2.11. The van der Waals surface area contributed by atoms with Crippen molar-refractivity contribution in [2.75, 3.05) is 13.2 Å². The van der Waals surface area contributed by atoms with E-state index in [4.69, 9.17) is 9.15 Å². The molecule has 4 heteroatoms. The molecule has 96 valence electrons. The zero-order chi connectivity index (χ0) is 12.5. The van der Waals surface area contributed by atoms with Gasteiger partial charge in [-0.3, -0.25) is 4.79 Å². The lowest BCUT2D eigenvalue weighted by Crippen LogP contribution is -2.33. The Labute approximate surface area is 102 Å². The van der Waals surface area contributed by atoms with Crippen LogP contribution in [-0.2, 0) is 16.0 Å². The molecule has 0 amide bonds. The fourth-order valence-corrected chi connectivity index (χ4v) is 1.44. The van der Waals surface area contributed by atoms with Gasteiger partial charge >= 0.3 is 5.97 Å². The number of rotatable bonds is 8. The highest BCUT2D eigenvalue weighted by Gasteiger charge is 2.08. The highest BCUT2D eigenvalue weighted by atomic mass is 16.5. The molecule has 0 bridgehead atoms. The van der Waals surface area contributed by atoms with Gasteiger partial charge in [-0.25, -0.2) is 0 Å². The van der Waals surface area contributed by atoms with E-state index in [1.165, 1.54) is 0 Å². The van der Waals surface area contributed by atoms with Crippen LogP contribution in [0.1, 0.15) is 32.4 Å². The van der Waals surface area contributed by atoms with Crippen molar-refractivity contribution in [2.45, 2.75) is 39.2 Å². The topological polar surface area (TPSA) is 51.5 Å². The molecular formula is C13H21NO3. The molecule has 0 aromatic carbocycles. The molecule has 1 aromatic heterocycles. The number of hydrogen-bond donors (Lipinski definition) is 1. The summed E-state index contributed by atoms with van der Waals surface area (Å²) in [5.74, 6) is 0.731. The van der Waals surface area contributed by atoms with Crippen molar-refractivity contribution >= 4 is 5.97 Å². The Hall–Kier alpha value is -1.29.